The first-order valence-electron chi connectivity index (χ1n) is 12.1. The van der Waals surface area contributed by atoms with Gasteiger partial charge in [-0.15, -0.1) is 22.7 Å². The van der Waals surface area contributed by atoms with E-state index in [2.05, 4.69) is 10.2 Å². The van der Waals surface area contributed by atoms with Gasteiger partial charge in [-0.2, -0.15) is 0 Å². The van der Waals surface area contributed by atoms with E-state index in [0.29, 0.717) is 58.1 Å². The van der Waals surface area contributed by atoms with Gasteiger partial charge in [-0.3, -0.25) is 9.59 Å². The zero-order valence-corrected chi connectivity index (χ0v) is 22.8. The monoisotopic (exact) mass is 560 g/mol. The molecule has 1 aliphatic rings. The zero-order valence-electron chi connectivity index (χ0n) is 20.4. The lowest BCUT2D eigenvalue weighted by molar-refractivity contribution is -0.169. The standard InChI is InChI=1S/C27H29ClN2O5S2/c1-30(13-12-25(32)29-22-11-6-18(17-31)16-21(22)28)19-7-9-20(10-8-19)35-26(33)27(34,23-4-2-14-36-23)24-5-3-15-37-24/h2-6,11,14-17,19-20,34H,7-10,12-13H2,1H3,(H,29,32)/t19-,20-. The molecule has 0 spiro atoms. The summed E-state index contributed by atoms with van der Waals surface area (Å²) in [5.74, 6) is -0.789. The molecular formula is C27H29ClN2O5S2. The normalized spacial score (nSPS) is 17.9. The van der Waals surface area contributed by atoms with E-state index in [4.69, 9.17) is 16.3 Å². The molecule has 0 atom stereocenters. The number of aldehydes is 1. The Hall–Kier alpha value is -2.56. The molecule has 0 unspecified atom stereocenters. The van der Waals surface area contributed by atoms with Crippen molar-refractivity contribution in [3.05, 3.63) is 73.6 Å². The lowest BCUT2D eigenvalue weighted by Gasteiger charge is -2.35. The van der Waals surface area contributed by atoms with Crippen LogP contribution in [0.15, 0.2) is 53.2 Å². The van der Waals surface area contributed by atoms with Crippen molar-refractivity contribution in [3.63, 3.8) is 0 Å². The summed E-state index contributed by atoms with van der Waals surface area (Å²) < 4.78 is 5.83. The molecule has 1 aliphatic carbocycles. The minimum absolute atomic E-state index is 0.156. The van der Waals surface area contributed by atoms with Crippen molar-refractivity contribution >= 4 is 58.1 Å². The highest BCUT2D eigenvalue weighted by molar-refractivity contribution is 7.12. The summed E-state index contributed by atoms with van der Waals surface area (Å²) in [6.45, 7) is 0.571. The fourth-order valence-electron chi connectivity index (χ4n) is 4.51. The second-order valence-corrected chi connectivity index (χ2v) is 11.4. The number of halogens is 1. The van der Waals surface area contributed by atoms with Crippen molar-refractivity contribution in [2.75, 3.05) is 18.9 Å². The van der Waals surface area contributed by atoms with Gasteiger partial charge in [0.25, 0.3) is 0 Å². The Morgan fingerprint density at radius 2 is 1.78 bits per heavy atom. The molecule has 10 heteroatoms. The van der Waals surface area contributed by atoms with Gasteiger partial charge in [0.1, 0.15) is 12.4 Å². The van der Waals surface area contributed by atoms with Crippen molar-refractivity contribution in [2.24, 2.45) is 0 Å². The van der Waals surface area contributed by atoms with Crippen LogP contribution in [0.25, 0.3) is 0 Å². The lowest BCUT2D eigenvalue weighted by Crippen LogP contribution is -2.42. The van der Waals surface area contributed by atoms with Gasteiger partial charge in [0.2, 0.25) is 11.5 Å². The number of hydrogen-bond donors (Lipinski definition) is 2. The first kappa shape index (κ1) is 27.5. The Morgan fingerprint density at radius 1 is 1.14 bits per heavy atom. The lowest BCUT2D eigenvalue weighted by atomic mass is 9.91. The summed E-state index contributed by atoms with van der Waals surface area (Å²) in [6, 6.07) is 12.1. The first-order chi connectivity index (χ1) is 17.8. The number of thiophene rings is 2. The molecule has 37 heavy (non-hydrogen) atoms. The number of nitrogens with one attached hydrogen (secondary N) is 1. The van der Waals surface area contributed by atoms with E-state index in [0.717, 1.165) is 12.8 Å². The van der Waals surface area contributed by atoms with E-state index in [9.17, 15) is 19.5 Å². The Bertz CT molecular complexity index is 1170. The van der Waals surface area contributed by atoms with Crippen molar-refractivity contribution in [1.29, 1.82) is 0 Å². The van der Waals surface area contributed by atoms with Crippen LogP contribution in [-0.4, -0.2) is 53.9 Å². The minimum atomic E-state index is -1.79. The van der Waals surface area contributed by atoms with E-state index in [1.54, 1.807) is 24.3 Å². The third kappa shape index (κ3) is 6.48. The highest BCUT2D eigenvalue weighted by atomic mass is 35.5. The highest BCUT2D eigenvalue weighted by Gasteiger charge is 2.45. The van der Waals surface area contributed by atoms with Crippen molar-refractivity contribution in [2.45, 2.75) is 49.9 Å². The number of rotatable bonds is 10. The van der Waals surface area contributed by atoms with Crippen LogP contribution in [0.1, 0.15) is 52.2 Å². The molecule has 0 radical (unpaired) electrons. The van der Waals surface area contributed by atoms with E-state index < -0.39 is 11.6 Å². The molecule has 196 valence electrons. The second-order valence-electron chi connectivity index (χ2n) is 9.14. The highest BCUT2D eigenvalue weighted by Crippen LogP contribution is 2.38. The first-order valence-corrected chi connectivity index (χ1v) is 14.2. The van der Waals surface area contributed by atoms with Crippen molar-refractivity contribution in [1.82, 2.24) is 4.90 Å². The number of carbonyl (C=O) groups is 3. The number of hydrogen-bond acceptors (Lipinski definition) is 8. The number of aliphatic hydroxyl groups is 1. The molecule has 1 amide bonds. The van der Waals surface area contributed by atoms with Crippen LogP contribution in [0.3, 0.4) is 0 Å². The van der Waals surface area contributed by atoms with Gasteiger partial charge in [-0.05, 0) is 73.8 Å². The second kappa shape index (κ2) is 12.3. The maximum atomic E-state index is 13.2. The summed E-state index contributed by atoms with van der Waals surface area (Å²) in [6.07, 6.45) is 3.77. The predicted octanol–water partition coefficient (Wildman–Crippen LogP) is 5.33. The summed E-state index contributed by atoms with van der Waals surface area (Å²) in [5.41, 5.74) is -0.862. The molecule has 3 aromatic rings. The van der Waals surface area contributed by atoms with Gasteiger partial charge in [-0.25, -0.2) is 4.79 Å². The van der Waals surface area contributed by atoms with Gasteiger partial charge in [-0.1, -0.05) is 23.7 Å². The van der Waals surface area contributed by atoms with E-state index >= 15 is 0 Å². The van der Waals surface area contributed by atoms with Crippen LogP contribution >= 0.6 is 34.3 Å². The summed E-state index contributed by atoms with van der Waals surface area (Å²) in [5, 5.41) is 18.2. The van der Waals surface area contributed by atoms with E-state index in [1.165, 1.54) is 28.7 Å². The van der Waals surface area contributed by atoms with Crippen LogP contribution < -0.4 is 5.32 Å². The van der Waals surface area contributed by atoms with Gasteiger partial charge < -0.3 is 20.1 Å². The molecule has 1 fully saturated rings. The molecule has 0 bridgehead atoms. The number of nitrogens with zero attached hydrogens (tertiary/aromatic N) is 1. The number of carbonyl (C=O) groups excluding carboxylic acids is 3. The Balaban J connectivity index is 1.25. The average molecular weight is 561 g/mol. The van der Waals surface area contributed by atoms with Gasteiger partial charge in [0.15, 0.2) is 0 Å². The van der Waals surface area contributed by atoms with Crippen molar-refractivity contribution < 1.29 is 24.2 Å². The molecule has 4 rings (SSSR count). The molecule has 2 heterocycles. The number of amides is 1. The number of benzene rings is 1. The Kier molecular flexibility index (Phi) is 9.15. The fourth-order valence-corrected chi connectivity index (χ4v) is 6.46. The fraction of sp³-hybridized carbons (Fsp3) is 0.370. The van der Waals surface area contributed by atoms with Gasteiger partial charge in [0, 0.05) is 24.6 Å². The minimum Gasteiger partial charge on any atom is -0.460 e. The molecule has 0 aliphatic heterocycles. The molecule has 0 saturated heterocycles. The zero-order chi connectivity index (χ0) is 26.4. The predicted molar refractivity (Wildman–Crippen MR) is 146 cm³/mol. The van der Waals surface area contributed by atoms with Gasteiger partial charge in [0.05, 0.1) is 20.5 Å². The smallest absolute Gasteiger partial charge is 0.349 e. The van der Waals surface area contributed by atoms with Crippen LogP contribution in [0.4, 0.5) is 5.69 Å². The topological polar surface area (TPSA) is 95.9 Å². The maximum Gasteiger partial charge on any atom is 0.349 e. The number of esters is 1. The largest absolute Gasteiger partial charge is 0.460 e. The quantitative estimate of drug-likeness (QED) is 0.257. The van der Waals surface area contributed by atoms with Crippen LogP contribution in [-0.2, 0) is 19.9 Å². The van der Waals surface area contributed by atoms with Crippen LogP contribution in [0.5, 0.6) is 0 Å². The molecule has 1 saturated carbocycles. The van der Waals surface area contributed by atoms with E-state index in [1.807, 2.05) is 29.9 Å². The van der Waals surface area contributed by atoms with Crippen LogP contribution in [0.2, 0.25) is 5.02 Å². The summed E-state index contributed by atoms with van der Waals surface area (Å²) in [7, 11) is 1.99. The van der Waals surface area contributed by atoms with Crippen molar-refractivity contribution in [3.8, 4) is 0 Å². The summed E-state index contributed by atoms with van der Waals surface area (Å²) >= 11 is 8.79. The molecular weight excluding hydrogens is 532 g/mol. The average Bonchev–Trinajstić information content (AvgIpc) is 3.64. The summed E-state index contributed by atoms with van der Waals surface area (Å²) in [4.78, 5) is 39.7. The third-order valence-electron chi connectivity index (χ3n) is 6.69. The molecule has 1 aromatic carbocycles. The van der Waals surface area contributed by atoms with Gasteiger partial charge >= 0.3 is 5.97 Å². The number of ether oxygens (including phenoxy) is 1. The molecule has 2 aromatic heterocycles. The SMILES string of the molecule is CN(CCC(=O)Nc1ccc(C=O)cc1Cl)[C@H]1CC[C@H](OC(=O)C(O)(c2cccs2)c2cccs2)CC1. The third-order valence-corrected chi connectivity index (χ3v) is 8.96. The molecule has 7 nitrogen and oxygen atoms in total. The Labute approximate surface area is 229 Å². The Morgan fingerprint density at radius 3 is 2.32 bits per heavy atom. The van der Waals surface area contributed by atoms with E-state index in [-0.39, 0.29) is 18.1 Å². The molecule has 2 N–H and O–H groups in total. The number of anilines is 1. The van der Waals surface area contributed by atoms with Crippen LogP contribution in [0, 0.1) is 0 Å². The maximum absolute atomic E-state index is 13.2.